The summed E-state index contributed by atoms with van der Waals surface area (Å²) in [6, 6.07) is 4.52. The molecule has 21 heavy (non-hydrogen) atoms. The molecule has 0 unspecified atom stereocenters. The Morgan fingerprint density at radius 3 is 2.71 bits per heavy atom. The van der Waals surface area contributed by atoms with Gasteiger partial charge in [-0.25, -0.2) is 18.3 Å². The second-order valence-corrected chi connectivity index (χ2v) is 7.56. The lowest BCUT2D eigenvalue weighted by atomic mass is 10.3. The summed E-state index contributed by atoms with van der Waals surface area (Å²) in [4.78, 5) is 12.4. The Balaban J connectivity index is 2.35. The number of nitrogens with two attached hydrogens (primary N) is 1. The van der Waals surface area contributed by atoms with E-state index in [1.165, 1.54) is 28.5 Å². The van der Waals surface area contributed by atoms with Gasteiger partial charge >= 0.3 is 5.69 Å². The van der Waals surface area contributed by atoms with Crippen LogP contribution in [-0.4, -0.2) is 29.4 Å². The molecule has 0 saturated heterocycles. The molecular formula is C12H16N4O3S2. The molecule has 2 aromatic rings. The fraction of sp³-hybridized carbons (Fsp3) is 0.333. The van der Waals surface area contributed by atoms with Crippen molar-refractivity contribution in [2.45, 2.75) is 34.8 Å². The number of nitrogens with one attached hydrogen (secondary N) is 1. The summed E-state index contributed by atoms with van der Waals surface area (Å²) < 4.78 is 24.5. The highest BCUT2D eigenvalue weighted by Gasteiger charge is 2.13. The third-order valence-corrected chi connectivity index (χ3v) is 4.98. The molecule has 0 bridgehead atoms. The van der Waals surface area contributed by atoms with Crippen molar-refractivity contribution in [3.8, 4) is 0 Å². The van der Waals surface area contributed by atoms with Crippen LogP contribution in [-0.2, 0) is 16.4 Å². The molecule has 0 saturated carbocycles. The largest absolute Gasteiger partial charge is 0.398 e. The number of nitrogen functional groups attached to an aromatic ring is 1. The predicted molar refractivity (Wildman–Crippen MR) is 81.2 cm³/mol. The lowest BCUT2D eigenvalue weighted by Gasteiger charge is -2.07. The third-order valence-electron chi connectivity index (χ3n) is 2.78. The minimum atomic E-state index is -3.29. The second kappa shape index (κ2) is 5.94. The van der Waals surface area contributed by atoms with Crippen molar-refractivity contribution < 1.29 is 8.42 Å². The Labute approximate surface area is 126 Å². The molecule has 114 valence electrons. The fourth-order valence-electron chi connectivity index (χ4n) is 1.75. The summed E-state index contributed by atoms with van der Waals surface area (Å²) in [7, 11) is -3.29. The maximum atomic E-state index is 11.6. The zero-order valence-corrected chi connectivity index (χ0v) is 13.3. The normalized spacial score (nSPS) is 11.7. The second-order valence-electron chi connectivity index (χ2n) is 4.54. The highest BCUT2D eigenvalue weighted by atomic mass is 32.2. The molecule has 3 N–H and O–H groups in total. The Kier molecular flexibility index (Phi) is 4.43. The number of anilines is 1. The molecule has 0 radical (unpaired) electrons. The van der Waals surface area contributed by atoms with Crippen molar-refractivity contribution in [1.29, 1.82) is 0 Å². The molecule has 1 aromatic heterocycles. The lowest BCUT2D eigenvalue weighted by Crippen LogP contribution is -2.17. The standard InChI is InChI=1S/C12H16N4O3S2/c1-3-6-16-11(17)14-15-12(16)20-10-5-4-8(7-9(10)13)21(2,18)19/h4-5,7H,3,6,13H2,1-2H3,(H,14,17). The van der Waals surface area contributed by atoms with Crippen LogP contribution in [0.4, 0.5) is 5.69 Å². The van der Waals surface area contributed by atoms with E-state index in [9.17, 15) is 13.2 Å². The highest BCUT2D eigenvalue weighted by Crippen LogP contribution is 2.31. The zero-order chi connectivity index (χ0) is 15.6. The van der Waals surface area contributed by atoms with Gasteiger partial charge in [0.15, 0.2) is 15.0 Å². The van der Waals surface area contributed by atoms with E-state index in [2.05, 4.69) is 10.2 Å². The van der Waals surface area contributed by atoms with Gasteiger partial charge in [-0.2, -0.15) is 0 Å². The molecule has 0 spiro atoms. The number of H-pyrrole nitrogens is 1. The van der Waals surface area contributed by atoms with E-state index in [1.807, 2.05) is 6.92 Å². The number of aromatic amines is 1. The fourth-order valence-corrected chi connectivity index (χ4v) is 3.29. The molecule has 0 atom stereocenters. The minimum absolute atomic E-state index is 0.164. The van der Waals surface area contributed by atoms with Gasteiger partial charge in [-0.15, -0.1) is 5.10 Å². The Morgan fingerprint density at radius 1 is 1.43 bits per heavy atom. The van der Waals surface area contributed by atoms with E-state index in [1.54, 1.807) is 6.07 Å². The number of rotatable bonds is 5. The van der Waals surface area contributed by atoms with Crippen molar-refractivity contribution in [2.24, 2.45) is 0 Å². The first-order valence-electron chi connectivity index (χ1n) is 6.25. The number of benzene rings is 1. The van der Waals surface area contributed by atoms with Crippen LogP contribution in [0.5, 0.6) is 0 Å². The molecule has 0 aliphatic heterocycles. The van der Waals surface area contributed by atoms with Gasteiger partial charge in [-0.3, -0.25) is 4.57 Å². The van der Waals surface area contributed by atoms with Crippen LogP contribution in [0.1, 0.15) is 13.3 Å². The van der Waals surface area contributed by atoms with E-state index in [4.69, 9.17) is 5.73 Å². The van der Waals surface area contributed by atoms with Gasteiger partial charge in [0.25, 0.3) is 0 Å². The topological polar surface area (TPSA) is 111 Å². The van der Waals surface area contributed by atoms with Gasteiger partial charge in [0.2, 0.25) is 0 Å². The van der Waals surface area contributed by atoms with E-state index >= 15 is 0 Å². The maximum Gasteiger partial charge on any atom is 0.343 e. The molecular weight excluding hydrogens is 312 g/mol. The SMILES string of the molecule is CCCn1c(Sc2ccc(S(C)(=O)=O)cc2N)n[nH]c1=O. The monoisotopic (exact) mass is 328 g/mol. The molecule has 0 amide bonds. The van der Waals surface area contributed by atoms with Crippen LogP contribution < -0.4 is 11.4 Å². The first kappa shape index (κ1) is 15.6. The Morgan fingerprint density at radius 2 is 2.14 bits per heavy atom. The molecule has 0 aliphatic carbocycles. The minimum Gasteiger partial charge on any atom is -0.398 e. The molecule has 1 heterocycles. The summed E-state index contributed by atoms with van der Waals surface area (Å²) >= 11 is 1.22. The van der Waals surface area contributed by atoms with Gasteiger partial charge in [0, 0.05) is 23.4 Å². The first-order chi connectivity index (χ1) is 9.82. The number of hydrogen-bond acceptors (Lipinski definition) is 6. The number of hydrogen-bond donors (Lipinski definition) is 2. The average Bonchev–Trinajstić information content (AvgIpc) is 2.73. The molecule has 2 rings (SSSR count). The number of sulfone groups is 1. The maximum absolute atomic E-state index is 11.6. The van der Waals surface area contributed by atoms with Crippen LogP contribution in [0.2, 0.25) is 0 Å². The van der Waals surface area contributed by atoms with Crippen LogP contribution >= 0.6 is 11.8 Å². The van der Waals surface area contributed by atoms with E-state index in [-0.39, 0.29) is 10.6 Å². The van der Waals surface area contributed by atoms with Gasteiger partial charge in [-0.1, -0.05) is 6.92 Å². The van der Waals surface area contributed by atoms with Gasteiger partial charge in [0.1, 0.15) is 0 Å². The van der Waals surface area contributed by atoms with Gasteiger partial charge in [0.05, 0.1) is 4.90 Å². The summed E-state index contributed by atoms with van der Waals surface area (Å²) in [5.41, 5.74) is 5.95. The number of nitrogens with zero attached hydrogens (tertiary/aromatic N) is 2. The molecule has 1 aromatic carbocycles. The van der Waals surface area contributed by atoms with Crippen LogP contribution in [0, 0.1) is 0 Å². The van der Waals surface area contributed by atoms with Gasteiger partial charge in [-0.05, 0) is 36.4 Å². The van der Waals surface area contributed by atoms with Gasteiger partial charge < -0.3 is 5.73 Å². The average molecular weight is 328 g/mol. The number of aromatic nitrogens is 3. The smallest absolute Gasteiger partial charge is 0.343 e. The van der Waals surface area contributed by atoms with Crippen molar-refractivity contribution in [2.75, 3.05) is 12.0 Å². The summed E-state index contributed by atoms with van der Waals surface area (Å²) in [6.45, 7) is 2.52. The first-order valence-corrected chi connectivity index (χ1v) is 8.96. The summed E-state index contributed by atoms with van der Waals surface area (Å²) in [6.07, 6.45) is 1.93. The van der Waals surface area contributed by atoms with Crippen LogP contribution in [0.3, 0.4) is 0 Å². The van der Waals surface area contributed by atoms with Crippen molar-refractivity contribution in [1.82, 2.24) is 14.8 Å². The third kappa shape index (κ3) is 3.48. The van der Waals surface area contributed by atoms with E-state index in [0.29, 0.717) is 22.3 Å². The molecule has 0 fully saturated rings. The van der Waals surface area contributed by atoms with Crippen molar-refractivity contribution in [3.05, 3.63) is 28.7 Å². The lowest BCUT2D eigenvalue weighted by molar-refractivity contribution is 0.601. The Bertz CT molecular complexity index is 808. The molecule has 9 heteroatoms. The molecule has 0 aliphatic rings. The van der Waals surface area contributed by atoms with Crippen molar-refractivity contribution in [3.63, 3.8) is 0 Å². The highest BCUT2D eigenvalue weighted by molar-refractivity contribution is 7.99. The summed E-state index contributed by atoms with van der Waals surface area (Å²) in [5.74, 6) is 0. The van der Waals surface area contributed by atoms with Crippen LogP contribution in [0.25, 0.3) is 0 Å². The van der Waals surface area contributed by atoms with Crippen molar-refractivity contribution >= 4 is 27.3 Å². The predicted octanol–water partition coefficient (Wildman–Crippen LogP) is 1.12. The summed E-state index contributed by atoms with van der Waals surface area (Å²) in [5, 5.41) is 6.85. The van der Waals surface area contributed by atoms with E-state index in [0.717, 1.165) is 12.7 Å². The Hall–Kier alpha value is -1.74. The molecule has 7 nitrogen and oxygen atoms in total. The van der Waals surface area contributed by atoms with Crippen LogP contribution in [0.15, 0.2) is 37.9 Å². The van der Waals surface area contributed by atoms with E-state index < -0.39 is 9.84 Å². The quantitative estimate of drug-likeness (QED) is 0.796. The zero-order valence-electron chi connectivity index (χ0n) is 11.7.